The van der Waals surface area contributed by atoms with Gasteiger partial charge in [-0.2, -0.15) is 0 Å². The summed E-state index contributed by atoms with van der Waals surface area (Å²) in [7, 11) is 0. The van der Waals surface area contributed by atoms with Gasteiger partial charge in [0.1, 0.15) is 6.04 Å². The van der Waals surface area contributed by atoms with E-state index in [0.717, 1.165) is 25.9 Å². The van der Waals surface area contributed by atoms with Gasteiger partial charge in [-0.1, -0.05) is 13.8 Å². The Morgan fingerprint density at radius 2 is 1.83 bits per heavy atom. The number of carbonyl (C=O) groups is 1. The Balaban J connectivity index is 2.58. The van der Waals surface area contributed by atoms with Gasteiger partial charge in [0, 0.05) is 0 Å². The highest BCUT2D eigenvalue weighted by atomic mass is 16.4. The van der Waals surface area contributed by atoms with Crippen molar-refractivity contribution in [2.75, 3.05) is 13.1 Å². The average molecular weight is 171 g/mol. The summed E-state index contributed by atoms with van der Waals surface area (Å²) >= 11 is 0. The van der Waals surface area contributed by atoms with E-state index < -0.39 is 5.97 Å². The minimum absolute atomic E-state index is 0.209. The lowest BCUT2D eigenvalue weighted by Crippen LogP contribution is -2.42. The van der Waals surface area contributed by atoms with Crippen LogP contribution in [0.3, 0.4) is 0 Å². The zero-order chi connectivity index (χ0) is 9.14. The molecule has 1 atom stereocenters. The van der Waals surface area contributed by atoms with Gasteiger partial charge in [0.25, 0.3) is 0 Å². The van der Waals surface area contributed by atoms with Gasteiger partial charge < -0.3 is 5.11 Å². The number of rotatable bonds is 3. The highest BCUT2D eigenvalue weighted by Crippen LogP contribution is 2.17. The second kappa shape index (κ2) is 3.90. The fraction of sp³-hybridized carbons (Fsp3) is 0.889. The lowest BCUT2D eigenvalue weighted by molar-refractivity contribution is -0.144. The zero-order valence-corrected chi connectivity index (χ0v) is 7.79. The zero-order valence-electron chi connectivity index (χ0n) is 7.79. The number of hydrogen-bond donors (Lipinski definition) is 1. The molecule has 0 aromatic heterocycles. The summed E-state index contributed by atoms with van der Waals surface area (Å²) in [6, 6.07) is -0.271. The molecular formula is C9H17NO2. The van der Waals surface area contributed by atoms with Crippen molar-refractivity contribution in [3.63, 3.8) is 0 Å². The third-order valence-electron chi connectivity index (χ3n) is 2.42. The summed E-state index contributed by atoms with van der Waals surface area (Å²) < 4.78 is 0. The maximum absolute atomic E-state index is 10.9. The number of likely N-dealkylation sites (tertiary alicyclic amines) is 1. The molecule has 0 radical (unpaired) electrons. The molecule has 1 unspecified atom stereocenters. The van der Waals surface area contributed by atoms with E-state index in [9.17, 15) is 4.79 Å². The van der Waals surface area contributed by atoms with Crippen LogP contribution in [0.1, 0.15) is 26.7 Å². The van der Waals surface area contributed by atoms with E-state index in [1.165, 1.54) is 0 Å². The highest BCUT2D eigenvalue weighted by Gasteiger charge is 2.30. The first kappa shape index (κ1) is 9.52. The third-order valence-corrected chi connectivity index (χ3v) is 2.42. The number of carboxylic acids is 1. The van der Waals surface area contributed by atoms with Gasteiger partial charge in [0.15, 0.2) is 0 Å². The molecule has 3 heteroatoms. The molecule has 0 aliphatic carbocycles. The minimum Gasteiger partial charge on any atom is -0.480 e. The molecule has 1 rings (SSSR count). The molecular weight excluding hydrogens is 154 g/mol. The van der Waals surface area contributed by atoms with Gasteiger partial charge in [-0.3, -0.25) is 9.69 Å². The molecule has 1 aliphatic rings. The Bertz CT molecular complexity index is 162. The van der Waals surface area contributed by atoms with Crippen LogP contribution in [0.4, 0.5) is 0 Å². The normalized spacial score (nSPS) is 21.6. The Morgan fingerprint density at radius 3 is 2.17 bits per heavy atom. The van der Waals surface area contributed by atoms with E-state index in [4.69, 9.17) is 5.11 Å². The molecule has 0 amide bonds. The molecule has 0 aromatic rings. The van der Waals surface area contributed by atoms with E-state index in [2.05, 4.69) is 4.90 Å². The largest absolute Gasteiger partial charge is 0.480 e. The highest BCUT2D eigenvalue weighted by molar-refractivity contribution is 5.73. The number of aliphatic carboxylic acids is 1. The van der Waals surface area contributed by atoms with Gasteiger partial charge >= 0.3 is 5.97 Å². The van der Waals surface area contributed by atoms with Crippen molar-refractivity contribution < 1.29 is 9.90 Å². The standard InChI is InChI=1S/C9H17NO2/c1-7(2)8(9(11)12)10-5-3-4-6-10/h7-8H,3-6H2,1-2H3,(H,11,12). The van der Waals surface area contributed by atoms with Crippen LogP contribution in [0.25, 0.3) is 0 Å². The lowest BCUT2D eigenvalue weighted by atomic mass is 10.0. The molecule has 1 aliphatic heterocycles. The van der Waals surface area contributed by atoms with Gasteiger partial charge in [-0.25, -0.2) is 0 Å². The van der Waals surface area contributed by atoms with Crippen molar-refractivity contribution in [1.82, 2.24) is 4.90 Å². The van der Waals surface area contributed by atoms with E-state index in [1.807, 2.05) is 13.8 Å². The Hall–Kier alpha value is -0.570. The summed E-state index contributed by atoms with van der Waals surface area (Å²) in [5.41, 5.74) is 0. The average Bonchev–Trinajstić information content (AvgIpc) is 2.37. The molecule has 1 fully saturated rings. The van der Waals surface area contributed by atoms with Crippen LogP contribution in [-0.4, -0.2) is 35.1 Å². The SMILES string of the molecule is CC(C)C(C(=O)O)N1CCCC1. The predicted octanol–water partition coefficient (Wildman–Crippen LogP) is 1.19. The number of nitrogens with zero attached hydrogens (tertiary/aromatic N) is 1. The minimum atomic E-state index is -0.674. The van der Waals surface area contributed by atoms with Crippen LogP contribution in [0.5, 0.6) is 0 Å². The van der Waals surface area contributed by atoms with Crippen molar-refractivity contribution in [2.45, 2.75) is 32.7 Å². The van der Waals surface area contributed by atoms with Crippen LogP contribution in [-0.2, 0) is 4.79 Å². The second-order valence-electron chi connectivity index (χ2n) is 3.77. The van der Waals surface area contributed by atoms with Crippen LogP contribution < -0.4 is 0 Å². The fourth-order valence-corrected chi connectivity index (χ4v) is 1.88. The summed E-state index contributed by atoms with van der Waals surface area (Å²) in [6.07, 6.45) is 2.30. The molecule has 0 aromatic carbocycles. The van der Waals surface area contributed by atoms with Crippen molar-refractivity contribution in [2.24, 2.45) is 5.92 Å². The number of hydrogen-bond acceptors (Lipinski definition) is 2. The van der Waals surface area contributed by atoms with Gasteiger partial charge in [-0.15, -0.1) is 0 Å². The fourth-order valence-electron chi connectivity index (χ4n) is 1.88. The first-order valence-electron chi connectivity index (χ1n) is 4.60. The van der Waals surface area contributed by atoms with Crippen LogP contribution >= 0.6 is 0 Å². The van der Waals surface area contributed by atoms with Gasteiger partial charge in [0.05, 0.1) is 0 Å². The van der Waals surface area contributed by atoms with Crippen molar-refractivity contribution in [3.8, 4) is 0 Å². The lowest BCUT2D eigenvalue weighted by Gasteiger charge is -2.26. The Morgan fingerprint density at radius 1 is 1.33 bits per heavy atom. The van der Waals surface area contributed by atoms with Crippen molar-refractivity contribution in [3.05, 3.63) is 0 Å². The molecule has 1 heterocycles. The maximum Gasteiger partial charge on any atom is 0.321 e. The molecule has 1 N–H and O–H groups in total. The predicted molar refractivity (Wildman–Crippen MR) is 47.1 cm³/mol. The molecule has 0 spiro atoms. The van der Waals surface area contributed by atoms with E-state index >= 15 is 0 Å². The van der Waals surface area contributed by atoms with Gasteiger partial charge in [0.2, 0.25) is 0 Å². The topological polar surface area (TPSA) is 40.5 Å². The summed E-state index contributed by atoms with van der Waals surface area (Å²) in [6.45, 7) is 5.85. The van der Waals surface area contributed by atoms with Crippen LogP contribution in [0.15, 0.2) is 0 Å². The summed E-state index contributed by atoms with van der Waals surface area (Å²) in [5.74, 6) is -0.465. The van der Waals surface area contributed by atoms with E-state index in [0.29, 0.717) is 0 Å². The Labute approximate surface area is 73.4 Å². The maximum atomic E-state index is 10.9. The second-order valence-corrected chi connectivity index (χ2v) is 3.77. The summed E-state index contributed by atoms with van der Waals surface area (Å²) in [4.78, 5) is 13.0. The van der Waals surface area contributed by atoms with Crippen LogP contribution in [0.2, 0.25) is 0 Å². The first-order chi connectivity index (χ1) is 5.63. The molecule has 0 saturated carbocycles. The third kappa shape index (κ3) is 1.97. The molecule has 0 bridgehead atoms. The number of carboxylic acid groups (broad SMARTS) is 1. The van der Waals surface area contributed by atoms with Crippen molar-refractivity contribution >= 4 is 5.97 Å². The van der Waals surface area contributed by atoms with E-state index in [1.54, 1.807) is 0 Å². The monoisotopic (exact) mass is 171 g/mol. The molecule has 3 nitrogen and oxygen atoms in total. The first-order valence-corrected chi connectivity index (χ1v) is 4.60. The van der Waals surface area contributed by atoms with E-state index in [-0.39, 0.29) is 12.0 Å². The summed E-state index contributed by atoms with van der Waals surface area (Å²) in [5, 5.41) is 8.96. The molecule has 12 heavy (non-hydrogen) atoms. The van der Waals surface area contributed by atoms with Gasteiger partial charge in [-0.05, 0) is 31.8 Å². The Kier molecular flexibility index (Phi) is 3.09. The smallest absolute Gasteiger partial charge is 0.321 e. The molecule has 70 valence electrons. The van der Waals surface area contributed by atoms with Crippen molar-refractivity contribution in [1.29, 1.82) is 0 Å². The van der Waals surface area contributed by atoms with Crippen LogP contribution in [0, 0.1) is 5.92 Å². The quantitative estimate of drug-likeness (QED) is 0.693. The molecule has 1 saturated heterocycles.